The molecule has 108 valence electrons. The molecule has 0 radical (unpaired) electrons. The van der Waals surface area contributed by atoms with E-state index in [-0.39, 0.29) is 11.3 Å². The second-order valence-corrected chi connectivity index (χ2v) is 5.51. The Morgan fingerprint density at radius 1 is 1.06 bits per heavy atom. The fraction of sp³-hybridized carbons (Fsp3) is 0.929. The predicted octanol–water partition coefficient (Wildman–Crippen LogP) is 1.55. The van der Waals surface area contributed by atoms with Crippen molar-refractivity contribution in [3.8, 4) is 0 Å². The fourth-order valence-electron chi connectivity index (χ4n) is 2.44. The first kappa shape index (κ1) is 17.4. The van der Waals surface area contributed by atoms with Gasteiger partial charge in [-0.3, -0.25) is 4.79 Å². The molecule has 0 aromatic carbocycles. The summed E-state index contributed by atoms with van der Waals surface area (Å²) in [4.78, 5) is 16.6. The summed E-state index contributed by atoms with van der Waals surface area (Å²) in [5, 5.41) is 0. The van der Waals surface area contributed by atoms with Crippen molar-refractivity contribution in [1.82, 2.24) is 9.80 Å². The Morgan fingerprint density at radius 2 is 1.56 bits per heavy atom. The highest BCUT2D eigenvalue weighted by atomic mass is 16.2. The molecule has 0 aliphatic rings. The largest absolute Gasteiger partial charge is 0.344 e. The highest BCUT2D eigenvalue weighted by molar-refractivity contribution is 5.82. The molecular formula is C14H31N3O. The minimum absolute atomic E-state index is 0.218. The van der Waals surface area contributed by atoms with Gasteiger partial charge in [0.1, 0.15) is 0 Å². The van der Waals surface area contributed by atoms with Crippen LogP contribution in [0.15, 0.2) is 0 Å². The third-order valence-corrected chi connectivity index (χ3v) is 3.53. The Bertz CT molecular complexity index is 235. The van der Waals surface area contributed by atoms with Crippen LogP contribution in [-0.2, 0) is 4.79 Å². The first-order valence-corrected chi connectivity index (χ1v) is 7.03. The van der Waals surface area contributed by atoms with Crippen molar-refractivity contribution >= 4 is 5.91 Å². The molecule has 0 bridgehead atoms. The van der Waals surface area contributed by atoms with Gasteiger partial charge in [0, 0.05) is 26.7 Å². The number of likely N-dealkylation sites (N-methyl/N-ethyl adjacent to an activating group) is 2. The summed E-state index contributed by atoms with van der Waals surface area (Å²) in [5.74, 6) is 0.218. The van der Waals surface area contributed by atoms with Crippen molar-refractivity contribution in [3.63, 3.8) is 0 Å². The van der Waals surface area contributed by atoms with E-state index in [0.717, 1.165) is 38.8 Å². The van der Waals surface area contributed by atoms with Gasteiger partial charge in [0.05, 0.1) is 5.41 Å². The number of hydrogen-bond acceptors (Lipinski definition) is 3. The summed E-state index contributed by atoms with van der Waals surface area (Å²) in [6.07, 6.45) is 3.79. The van der Waals surface area contributed by atoms with E-state index < -0.39 is 0 Å². The second kappa shape index (κ2) is 8.48. The van der Waals surface area contributed by atoms with Crippen molar-refractivity contribution in [2.45, 2.75) is 39.5 Å². The van der Waals surface area contributed by atoms with E-state index in [1.54, 1.807) is 0 Å². The van der Waals surface area contributed by atoms with Gasteiger partial charge >= 0.3 is 0 Å². The maximum atomic E-state index is 12.6. The van der Waals surface area contributed by atoms with Crippen molar-refractivity contribution in [2.24, 2.45) is 11.1 Å². The van der Waals surface area contributed by atoms with Crippen molar-refractivity contribution in [2.75, 3.05) is 40.8 Å². The van der Waals surface area contributed by atoms with Crippen LogP contribution >= 0.6 is 0 Å². The molecule has 0 aromatic rings. The van der Waals surface area contributed by atoms with Crippen LogP contribution in [0.25, 0.3) is 0 Å². The Morgan fingerprint density at radius 3 is 1.89 bits per heavy atom. The molecule has 4 heteroatoms. The van der Waals surface area contributed by atoms with Gasteiger partial charge in [-0.05, 0) is 26.9 Å². The summed E-state index contributed by atoms with van der Waals surface area (Å²) < 4.78 is 0. The quantitative estimate of drug-likeness (QED) is 0.682. The van der Waals surface area contributed by atoms with Crippen LogP contribution in [0.1, 0.15) is 39.5 Å². The Kier molecular flexibility index (Phi) is 8.20. The number of carbonyl (C=O) groups excluding carboxylic acids is 1. The van der Waals surface area contributed by atoms with Gasteiger partial charge in [-0.2, -0.15) is 0 Å². The summed E-state index contributed by atoms with van der Waals surface area (Å²) in [6.45, 7) is 6.35. The standard InChI is InChI=1S/C14H31N3O/c1-6-8-14(12-15,9-7-2)13(18)17(5)11-10-16(3)4/h6-12,15H2,1-5H3. The summed E-state index contributed by atoms with van der Waals surface area (Å²) >= 11 is 0. The molecule has 0 aliphatic heterocycles. The number of nitrogens with zero attached hydrogens (tertiary/aromatic N) is 2. The highest BCUT2D eigenvalue weighted by Crippen LogP contribution is 2.30. The smallest absolute Gasteiger partial charge is 0.229 e. The van der Waals surface area contributed by atoms with Crippen LogP contribution in [-0.4, -0.2) is 56.5 Å². The van der Waals surface area contributed by atoms with Crippen LogP contribution < -0.4 is 5.73 Å². The van der Waals surface area contributed by atoms with E-state index in [2.05, 4.69) is 18.7 Å². The van der Waals surface area contributed by atoms with Gasteiger partial charge in [-0.25, -0.2) is 0 Å². The fourth-order valence-corrected chi connectivity index (χ4v) is 2.44. The Balaban J connectivity index is 4.71. The van der Waals surface area contributed by atoms with Gasteiger partial charge in [0.2, 0.25) is 5.91 Å². The number of hydrogen-bond donors (Lipinski definition) is 1. The molecule has 0 rings (SSSR count). The molecule has 18 heavy (non-hydrogen) atoms. The maximum Gasteiger partial charge on any atom is 0.229 e. The molecule has 0 aromatic heterocycles. The summed E-state index contributed by atoms with van der Waals surface area (Å²) in [6, 6.07) is 0. The molecule has 0 atom stereocenters. The second-order valence-electron chi connectivity index (χ2n) is 5.51. The molecular weight excluding hydrogens is 226 g/mol. The van der Waals surface area contributed by atoms with Gasteiger partial charge in [-0.1, -0.05) is 26.7 Å². The first-order chi connectivity index (χ1) is 8.43. The van der Waals surface area contributed by atoms with Gasteiger partial charge in [0.25, 0.3) is 0 Å². The number of nitrogens with two attached hydrogens (primary N) is 1. The number of amides is 1. The van der Waals surface area contributed by atoms with Crippen LogP contribution in [0.2, 0.25) is 0 Å². The normalized spacial score (nSPS) is 11.9. The lowest BCUT2D eigenvalue weighted by Crippen LogP contribution is -2.48. The van der Waals surface area contributed by atoms with Crippen LogP contribution in [0.3, 0.4) is 0 Å². The van der Waals surface area contributed by atoms with E-state index in [1.807, 2.05) is 26.0 Å². The number of rotatable bonds is 9. The van der Waals surface area contributed by atoms with Gasteiger partial charge < -0.3 is 15.5 Å². The monoisotopic (exact) mass is 257 g/mol. The SMILES string of the molecule is CCCC(CN)(CCC)C(=O)N(C)CCN(C)C. The van der Waals surface area contributed by atoms with Crippen LogP contribution in [0.5, 0.6) is 0 Å². The van der Waals surface area contributed by atoms with E-state index >= 15 is 0 Å². The third kappa shape index (κ3) is 4.94. The molecule has 1 amide bonds. The third-order valence-electron chi connectivity index (χ3n) is 3.53. The van der Waals surface area contributed by atoms with Crippen molar-refractivity contribution in [1.29, 1.82) is 0 Å². The summed E-state index contributed by atoms with van der Waals surface area (Å²) in [7, 11) is 5.93. The zero-order valence-electron chi connectivity index (χ0n) is 12.8. The van der Waals surface area contributed by atoms with E-state index in [1.165, 1.54) is 0 Å². The van der Waals surface area contributed by atoms with E-state index in [4.69, 9.17) is 5.73 Å². The molecule has 0 heterocycles. The molecule has 0 spiro atoms. The van der Waals surface area contributed by atoms with Crippen LogP contribution in [0, 0.1) is 5.41 Å². The lowest BCUT2D eigenvalue weighted by molar-refractivity contribution is -0.141. The van der Waals surface area contributed by atoms with E-state index in [0.29, 0.717) is 6.54 Å². The number of carbonyl (C=O) groups is 1. The maximum absolute atomic E-state index is 12.6. The minimum atomic E-state index is -0.343. The Labute approximate surface area is 113 Å². The van der Waals surface area contributed by atoms with E-state index in [9.17, 15) is 4.79 Å². The molecule has 0 saturated carbocycles. The predicted molar refractivity (Wildman–Crippen MR) is 77.5 cm³/mol. The minimum Gasteiger partial charge on any atom is -0.344 e. The average molecular weight is 257 g/mol. The molecule has 4 nitrogen and oxygen atoms in total. The molecule has 0 saturated heterocycles. The highest BCUT2D eigenvalue weighted by Gasteiger charge is 2.37. The molecule has 2 N–H and O–H groups in total. The van der Waals surface area contributed by atoms with Crippen molar-refractivity contribution < 1.29 is 4.79 Å². The molecule has 0 fully saturated rings. The van der Waals surface area contributed by atoms with Gasteiger partial charge in [0.15, 0.2) is 0 Å². The lowest BCUT2D eigenvalue weighted by Gasteiger charge is -2.35. The first-order valence-electron chi connectivity index (χ1n) is 7.03. The topological polar surface area (TPSA) is 49.6 Å². The molecule has 0 aliphatic carbocycles. The zero-order chi connectivity index (χ0) is 14.2. The molecule has 0 unspecified atom stereocenters. The Hall–Kier alpha value is -0.610. The van der Waals surface area contributed by atoms with Crippen LogP contribution in [0.4, 0.5) is 0 Å². The average Bonchev–Trinajstić information content (AvgIpc) is 2.34. The summed E-state index contributed by atoms with van der Waals surface area (Å²) in [5.41, 5.74) is 5.57. The van der Waals surface area contributed by atoms with Crippen molar-refractivity contribution in [3.05, 3.63) is 0 Å². The van der Waals surface area contributed by atoms with Gasteiger partial charge in [-0.15, -0.1) is 0 Å². The zero-order valence-corrected chi connectivity index (χ0v) is 12.8. The lowest BCUT2D eigenvalue weighted by atomic mass is 9.78.